The number of aromatic nitrogens is 1. The average Bonchev–Trinajstić information content (AvgIpc) is 2.90. The fourth-order valence-corrected chi connectivity index (χ4v) is 4.60. The second kappa shape index (κ2) is 10.2. The molecule has 0 aliphatic heterocycles. The van der Waals surface area contributed by atoms with Crippen molar-refractivity contribution in [1.82, 2.24) is 4.98 Å². The Morgan fingerprint density at radius 1 is 0.861 bits per heavy atom. The molecule has 0 aliphatic carbocycles. The van der Waals surface area contributed by atoms with Crippen LogP contribution in [0.4, 0.5) is 0 Å². The van der Waals surface area contributed by atoms with E-state index in [9.17, 15) is 4.79 Å². The summed E-state index contributed by atoms with van der Waals surface area (Å²) in [5, 5.41) is 1.31. The quantitative estimate of drug-likeness (QED) is 0.225. The lowest BCUT2D eigenvalue weighted by molar-refractivity contribution is 0.0604. The molecule has 0 saturated heterocycles. The average molecular weight is 494 g/mol. The van der Waals surface area contributed by atoms with Crippen LogP contribution in [0.1, 0.15) is 21.5 Å². The Morgan fingerprint density at radius 2 is 1.67 bits per heavy atom. The molecule has 0 aliphatic rings. The van der Waals surface area contributed by atoms with E-state index < -0.39 is 5.97 Å². The maximum absolute atomic E-state index is 13.0. The molecule has 0 radical (unpaired) electrons. The van der Waals surface area contributed by atoms with Gasteiger partial charge in [-0.1, -0.05) is 66.2 Å². The lowest BCUT2D eigenvalue weighted by Crippen LogP contribution is -2.06. The lowest BCUT2D eigenvalue weighted by Gasteiger charge is -2.14. The van der Waals surface area contributed by atoms with Crippen LogP contribution in [0.5, 0.6) is 5.75 Å². The summed E-state index contributed by atoms with van der Waals surface area (Å²) in [7, 11) is 1.39. The van der Waals surface area contributed by atoms with Crippen LogP contribution in [0.2, 0.25) is 5.02 Å². The number of esters is 1. The van der Waals surface area contributed by atoms with E-state index in [1.165, 1.54) is 7.11 Å². The number of carbonyl (C=O) groups is 1. The Balaban J connectivity index is 1.58. The molecule has 0 spiro atoms. The van der Waals surface area contributed by atoms with E-state index in [0.29, 0.717) is 33.7 Å². The van der Waals surface area contributed by atoms with Gasteiger partial charge in [0.2, 0.25) is 0 Å². The van der Waals surface area contributed by atoms with Gasteiger partial charge >= 0.3 is 5.97 Å². The monoisotopic (exact) mass is 493 g/mol. The van der Waals surface area contributed by atoms with Gasteiger partial charge in [-0.25, -0.2) is 4.79 Å². The zero-order valence-electron chi connectivity index (χ0n) is 20.0. The molecule has 5 aromatic rings. The summed E-state index contributed by atoms with van der Waals surface area (Å²) in [4.78, 5) is 17.6. The van der Waals surface area contributed by atoms with E-state index in [1.807, 2.05) is 97.9 Å². The second-order valence-corrected chi connectivity index (χ2v) is 9.03. The standard InChI is InChI=1S/C31H24ClNO3/c1-20-13-24(15-25(32)14-20)28-18-33-29-12-11-23(17-27(29)30(28)31(34)35-2)22-9-6-10-26(16-22)36-19-21-7-4-3-5-8-21/h3-18H,19H2,1-2H3. The number of hydrogen-bond acceptors (Lipinski definition) is 4. The van der Waals surface area contributed by atoms with E-state index in [1.54, 1.807) is 6.20 Å². The van der Waals surface area contributed by atoms with Crippen molar-refractivity contribution in [1.29, 1.82) is 0 Å². The minimum atomic E-state index is -0.424. The van der Waals surface area contributed by atoms with E-state index in [2.05, 4.69) is 4.98 Å². The van der Waals surface area contributed by atoms with Crippen molar-refractivity contribution in [3.8, 4) is 28.0 Å². The SMILES string of the molecule is COC(=O)c1c(-c2cc(C)cc(Cl)c2)cnc2ccc(-c3cccc(OCc4ccccc4)c3)cc12. The molecule has 5 heteroatoms. The van der Waals surface area contributed by atoms with Gasteiger partial charge in [0, 0.05) is 22.2 Å². The third-order valence-corrected chi connectivity index (χ3v) is 6.24. The highest BCUT2D eigenvalue weighted by atomic mass is 35.5. The fourth-order valence-electron chi connectivity index (χ4n) is 4.31. The molecule has 0 unspecified atom stereocenters. The third-order valence-electron chi connectivity index (χ3n) is 6.03. The van der Waals surface area contributed by atoms with Gasteiger partial charge < -0.3 is 9.47 Å². The van der Waals surface area contributed by atoms with Gasteiger partial charge in [-0.2, -0.15) is 0 Å². The van der Waals surface area contributed by atoms with Crippen LogP contribution in [-0.4, -0.2) is 18.1 Å². The molecule has 0 saturated carbocycles. The third kappa shape index (κ3) is 4.95. The van der Waals surface area contributed by atoms with E-state index in [0.717, 1.165) is 33.6 Å². The number of nitrogens with zero attached hydrogens (tertiary/aromatic N) is 1. The van der Waals surface area contributed by atoms with Crippen molar-refractivity contribution in [3.63, 3.8) is 0 Å². The largest absolute Gasteiger partial charge is 0.489 e. The first kappa shape index (κ1) is 23.6. The summed E-state index contributed by atoms with van der Waals surface area (Å²) in [6.45, 7) is 2.45. The Kier molecular flexibility index (Phi) is 6.70. The number of rotatable bonds is 6. The maximum atomic E-state index is 13.0. The summed E-state index contributed by atoms with van der Waals surface area (Å²) in [5.41, 5.74) is 6.68. The number of hydrogen-bond donors (Lipinski definition) is 0. The first-order chi connectivity index (χ1) is 17.5. The summed E-state index contributed by atoms with van der Waals surface area (Å²) >= 11 is 6.32. The van der Waals surface area contributed by atoms with Gasteiger partial charge in [-0.05, 0) is 71.1 Å². The van der Waals surface area contributed by atoms with Crippen molar-refractivity contribution in [2.75, 3.05) is 7.11 Å². The molecule has 36 heavy (non-hydrogen) atoms. The Labute approximate surface area is 215 Å². The number of carbonyl (C=O) groups excluding carboxylic acids is 1. The maximum Gasteiger partial charge on any atom is 0.339 e. The lowest BCUT2D eigenvalue weighted by atomic mass is 9.94. The van der Waals surface area contributed by atoms with E-state index >= 15 is 0 Å². The highest BCUT2D eigenvalue weighted by Gasteiger charge is 2.19. The van der Waals surface area contributed by atoms with Crippen molar-refractivity contribution in [2.45, 2.75) is 13.5 Å². The molecule has 4 aromatic carbocycles. The number of halogens is 1. The van der Waals surface area contributed by atoms with Crippen LogP contribution in [0.15, 0.2) is 97.2 Å². The second-order valence-electron chi connectivity index (χ2n) is 8.59. The van der Waals surface area contributed by atoms with Crippen LogP contribution in [-0.2, 0) is 11.3 Å². The molecule has 0 atom stereocenters. The minimum absolute atomic E-state index is 0.424. The fraction of sp³-hybridized carbons (Fsp3) is 0.0968. The molecule has 4 nitrogen and oxygen atoms in total. The van der Waals surface area contributed by atoms with Gasteiger partial charge in [0.15, 0.2) is 0 Å². The van der Waals surface area contributed by atoms with Gasteiger partial charge in [-0.15, -0.1) is 0 Å². The molecule has 5 rings (SSSR count). The number of ether oxygens (including phenoxy) is 2. The molecular formula is C31H24ClNO3. The van der Waals surface area contributed by atoms with Gasteiger partial charge in [0.25, 0.3) is 0 Å². The number of fused-ring (bicyclic) bond motifs is 1. The van der Waals surface area contributed by atoms with Crippen molar-refractivity contribution >= 4 is 28.5 Å². The molecule has 1 heterocycles. The van der Waals surface area contributed by atoms with Crippen molar-refractivity contribution < 1.29 is 14.3 Å². The van der Waals surface area contributed by atoms with Crippen LogP contribution >= 0.6 is 11.6 Å². The van der Waals surface area contributed by atoms with Crippen molar-refractivity contribution in [3.05, 3.63) is 119 Å². The molecule has 1 aromatic heterocycles. The van der Waals surface area contributed by atoms with Gasteiger partial charge in [0.1, 0.15) is 12.4 Å². The van der Waals surface area contributed by atoms with Crippen LogP contribution < -0.4 is 4.74 Å². The highest BCUT2D eigenvalue weighted by molar-refractivity contribution is 6.31. The van der Waals surface area contributed by atoms with Gasteiger partial charge in [0.05, 0.1) is 18.2 Å². The van der Waals surface area contributed by atoms with Crippen molar-refractivity contribution in [2.24, 2.45) is 0 Å². The van der Waals surface area contributed by atoms with Crippen LogP contribution in [0.3, 0.4) is 0 Å². The first-order valence-corrected chi connectivity index (χ1v) is 12.0. The topological polar surface area (TPSA) is 48.4 Å². The van der Waals surface area contributed by atoms with Crippen LogP contribution in [0.25, 0.3) is 33.2 Å². The Morgan fingerprint density at radius 3 is 2.44 bits per heavy atom. The highest BCUT2D eigenvalue weighted by Crippen LogP contribution is 2.34. The van der Waals surface area contributed by atoms with E-state index in [4.69, 9.17) is 21.1 Å². The summed E-state index contributed by atoms with van der Waals surface area (Å²) in [6.07, 6.45) is 1.71. The smallest absolute Gasteiger partial charge is 0.339 e. The summed E-state index contributed by atoms with van der Waals surface area (Å²) < 4.78 is 11.2. The molecule has 0 fully saturated rings. The van der Waals surface area contributed by atoms with Gasteiger partial charge in [-0.3, -0.25) is 4.98 Å². The summed E-state index contributed by atoms with van der Waals surface area (Å²) in [5.74, 6) is 0.345. The van der Waals surface area contributed by atoms with Crippen LogP contribution in [0, 0.1) is 6.92 Å². The Hall–Kier alpha value is -4.15. The number of benzene rings is 4. The molecule has 0 bridgehead atoms. The molecule has 178 valence electrons. The molecule has 0 N–H and O–H groups in total. The Bertz CT molecular complexity index is 1540. The molecular weight excluding hydrogens is 470 g/mol. The zero-order chi connectivity index (χ0) is 25.1. The predicted molar refractivity (Wildman–Crippen MR) is 144 cm³/mol. The molecule has 0 amide bonds. The number of pyridine rings is 1. The van der Waals surface area contributed by atoms with E-state index in [-0.39, 0.29) is 0 Å². The number of methoxy groups -OCH3 is 1. The predicted octanol–water partition coefficient (Wildman–Crippen LogP) is 7.90. The summed E-state index contributed by atoms with van der Waals surface area (Å²) in [6, 6.07) is 29.6. The zero-order valence-corrected chi connectivity index (χ0v) is 20.8. The first-order valence-electron chi connectivity index (χ1n) is 11.6. The normalized spacial score (nSPS) is 10.9. The minimum Gasteiger partial charge on any atom is -0.489 e. The number of aryl methyl sites for hydroxylation is 1.